The van der Waals surface area contributed by atoms with Crippen LogP contribution in [0.2, 0.25) is 0 Å². The SMILES string of the molecule is COc1cc(C)ccc1NC(=O)NCC(O)Cc1ccccc1. The number of aliphatic hydroxyl groups is 1. The maximum Gasteiger partial charge on any atom is 0.319 e. The second-order valence-corrected chi connectivity index (χ2v) is 5.38. The molecule has 2 aromatic rings. The molecule has 0 aliphatic carbocycles. The molecule has 0 saturated heterocycles. The molecule has 0 aliphatic rings. The fourth-order valence-corrected chi connectivity index (χ4v) is 2.24. The molecule has 1 unspecified atom stereocenters. The molecule has 5 heteroatoms. The van der Waals surface area contributed by atoms with Crippen molar-refractivity contribution in [3.05, 3.63) is 59.7 Å². The van der Waals surface area contributed by atoms with Crippen LogP contribution in [0.25, 0.3) is 0 Å². The van der Waals surface area contributed by atoms with E-state index in [1.165, 1.54) is 0 Å². The molecule has 5 nitrogen and oxygen atoms in total. The Balaban J connectivity index is 1.83. The van der Waals surface area contributed by atoms with Crippen LogP contribution in [0.4, 0.5) is 10.5 Å². The molecule has 1 atom stereocenters. The lowest BCUT2D eigenvalue weighted by Crippen LogP contribution is -2.36. The predicted molar refractivity (Wildman–Crippen MR) is 90.9 cm³/mol. The quantitative estimate of drug-likeness (QED) is 0.768. The van der Waals surface area contributed by atoms with E-state index >= 15 is 0 Å². The van der Waals surface area contributed by atoms with E-state index in [2.05, 4.69) is 10.6 Å². The zero-order valence-electron chi connectivity index (χ0n) is 13.4. The third-order valence-electron chi connectivity index (χ3n) is 3.42. The summed E-state index contributed by atoms with van der Waals surface area (Å²) in [7, 11) is 1.56. The van der Waals surface area contributed by atoms with Gasteiger partial charge in [-0.05, 0) is 30.2 Å². The van der Waals surface area contributed by atoms with Crippen molar-refractivity contribution in [2.45, 2.75) is 19.4 Å². The molecule has 0 fully saturated rings. The first-order valence-electron chi connectivity index (χ1n) is 7.50. The fraction of sp³-hybridized carbons (Fsp3) is 0.278. The fourth-order valence-electron chi connectivity index (χ4n) is 2.24. The second-order valence-electron chi connectivity index (χ2n) is 5.38. The molecule has 2 aromatic carbocycles. The summed E-state index contributed by atoms with van der Waals surface area (Å²) in [6.07, 6.45) is -0.141. The van der Waals surface area contributed by atoms with Crippen molar-refractivity contribution in [1.29, 1.82) is 0 Å². The summed E-state index contributed by atoms with van der Waals surface area (Å²) in [6.45, 7) is 2.13. The summed E-state index contributed by atoms with van der Waals surface area (Å²) >= 11 is 0. The number of nitrogens with one attached hydrogen (secondary N) is 2. The van der Waals surface area contributed by atoms with E-state index in [1.807, 2.05) is 49.4 Å². The van der Waals surface area contributed by atoms with Gasteiger partial charge in [-0.1, -0.05) is 36.4 Å². The molecule has 122 valence electrons. The van der Waals surface area contributed by atoms with Crippen LogP contribution in [0.15, 0.2) is 48.5 Å². The molecule has 3 N–H and O–H groups in total. The van der Waals surface area contributed by atoms with Gasteiger partial charge in [-0.15, -0.1) is 0 Å². The highest BCUT2D eigenvalue weighted by molar-refractivity contribution is 5.91. The topological polar surface area (TPSA) is 70.6 Å². The van der Waals surface area contributed by atoms with Gasteiger partial charge >= 0.3 is 6.03 Å². The highest BCUT2D eigenvalue weighted by Crippen LogP contribution is 2.24. The number of carbonyl (C=O) groups excluding carboxylic acids is 1. The Bertz CT molecular complexity index is 644. The first kappa shape index (κ1) is 16.8. The summed E-state index contributed by atoms with van der Waals surface area (Å²) < 4.78 is 5.24. The average Bonchev–Trinajstić information content (AvgIpc) is 2.55. The summed E-state index contributed by atoms with van der Waals surface area (Å²) in [5.74, 6) is 0.602. The number of ether oxygens (including phenoxy) is 1. The molecule has 2 amide bonds. The van der Waals surface area contributed by atoms with E-state index in [0.717, 1.165) is 11.1 Å². The molecular weight excluding hydrogens is 292 g/mol. The van der Waals surface area contributed by atoms with Crippen molar-refractivity contribution in [2.24, 2.45) is 0 Å². The van der Waals surface area contributed by atoms with Gasteiger partial charge in [0.25, 0.3) is 0 Å². The van der Waals surface area contributed by atoms with Crippen LogP contribution >= 0.6 is 0 Å². The van der Waals surface area contributed by atoms with Crippen LogP contribution in [-0.2, 0) is 6.42 Å². The Kier molecular flexibility index (Phi) is 6.00. The number of hydrogen-bond donors (Lipinski definition) is 3. The number of aliphatic hydroxyl groups excluding tert-OH is 1. The molecule has 2 rings (SSSR count). The van der Waals surface area contributed by atoms with Crippen LogP contribution in [0.3, 0.4) is 0 Å². The lowest BCUT2D eigenvalue weighted by molar-refractivity contribution is 0.172. The van der Waals surface area contributed by atoms with Crippen molar-refractivity contribution in [1.82, 2.24) is 5.32 Å². The first-order chi connectivity index (χ1) is 11.1. The van der Waals surface area contributed by atoms with Crippen LogP contribution < -0.4 is 15.4 Å². The van der Waals surface area contributed by atoms with Crippen molar-refractivity contribution in [3.63, 3.8) is 0 Å². The number of amides is 2. The van der Waals surface area contributed by atoms with E-state index in [0.29, 0.717) is 17.9 Å². The summed E-state index contributed by atoms with van der Waals surface area (Å²) in [5, 5.41) is 15.4. The molecule has 0 radical (unpaired) electrons. The Morgan fingerprint density at radius 3 is 2.65 bits per heavy atom. The highest BCUT2D eigenvalue weighted by atomic mass is 16.5. The van der Waals surface area contributed by atoms with Crippen LogP contribution in [0.1, 0.15) is 11.1 Å². The van der Waals surface area contributed by atoms with Crippen molar-refractivity contribution >= 4 is 11.7 Å². The van der Waals surface area contributed by atoms with E-state index in [1.54, 1.807) is 13.2 Å². The molecule has 0 saturated carbocycles. The lowest BCUT2D eigenvalue weighted by atomic mass is 10.1. The van der Waals surface area contributed by atoms with Gasteiger partial charge in [0.2, 0.25) is 0 Å². The zero-order valence-corrected chi connectivity index (χ0v) is 13.4. The van der Waals surface area contributed by atoms with Gasteiger partial charge in [0.05, 0.1) is 18.9 Å². The van der Waals surface area contributed by atoms with Crippen LogP contribution in [-0.4, -0.2) is 30.9 Å². The highest BCUT2D eigenvalue weighted by Gasteiger charge is 2.10. The van der Waals surface area contributed by atoms with Crippen molar-refractivity contribution in [3.8, 4) is 5.75 Å². The Morgan fingerprint density at radius 1 is 1.22 bits per heavy atom. The number of carbonyl (C=O) groups is 1. The van der Waals surface area contributed by atoms with Gasteiger partial charge in [-0.25, -0.2) is 4.79 Å². The van der Waals surface area contributed by atoms with Gasteiger partial charge < -0.3 is 20.5 Å². The number of benzene rings is 2. The zero-order chi connectivity index (χ0) is 16.7. The Morgan fingerprint density at radius 2 is 1.96 bits per heavy atom. The molecule has 0 heterocycles. The minimum Gasteiger partial charge on any atom is -0.495 e. The van der Waals surface area contributed by atoms with Crippen molar-refractivity contribution in [2.75, 3.05) is 19.0 Å². The average molecular weight is 314 g/mol. The van der Waals surface area contributed by atoms with Gasteiger partial charge in [-0.2, -0.15) is 0 Å². The smallest absolute Gasteiger partial charge is 0.319 e. The summed E-state index contributed by atoms with van der Waals surface area (Å²) in [5.41, 5.74) is 2.67. The number of anilines is 1. The largest absolute Gasteiger partial charge is 0.495 e. The molecular formula is C18H22N2O3. The normalized spacial score (nSPS) is 11.6. The maximum absolute atomic E-state index is 11.9. The molecule has 0 aliphatic heterocycles. The second kappa shape index (κ2) is 8.19. The Labute approximate surface area is 136 Å². The lowest BCUT2D eigenvalue weighted by Gasteiger charge is -2.14. The standard InChI is InChI=1S/C18H22N2O3/c1-13-8-9-16(17(10-13)23-2)20-18(22)19-12-15(21)11-14-6-4-3-5-7-14/h3-10,15,21H,11-12H2,1-2H3,(H2,19,20,22). The third-order valence-corrected chi connectivity index (χ3v) is 3.42. The van der Waals surface area contributed by atoms with Gasteiger partial charge in [0, 0.05) is 13.0 Å². The van der Waals surface area contributed by atoms with Gasteiger partial charge in [-0.3, -0.25) is 0 Å². The molecule has 0 bridgehead atoms. The number of hydrogen-bond acceptors (Lipinski definition) is 3. The van der Waals surface area contributed by atoms with Crippen LogP contribution in [0, 0.1) is 6.92 Å². The monoisotopic (exact) mass is 314 g/mol. The molecule has 0 aromatic heterocycles. The van der Waals surface area contributed by atoms with E-state index in [9.17, 15) is 9.90 Å². The Hall–Kier alpha value is -2.53. The van der Waals surface area contributed by atoms with Gasteiger partial charge in [0.15, 0.2) is 0 Å². The van der Waals surface area contributed by atoms with Crippen LogP contribution in [0.5, 0.6) is 5.75 Å². The summed E-state index contributed by atoms with van der Waals surface area (Å²) in [4.78, 5) is 11.9. The minimum absolute atomic E-state index is 0.176. The summed E-state index contributed by atoms with van der Waals surface area (Å²) in [6, 6.07) is 14.8. The van der Waals surface area contributed by atoms with E-state index in [-0.39, 0.29) is 12.6 Å². The third kappa shape index (κ3) is 5.30. The number of methoxy groups -OCH3 is 1. The van der Waals surface area contributed by atoms with E-state index in [4.69, 9.17) is 4.74 Å². The number of rotatable bonds is 6. The number of aryl methyl sites for hydroxylation is 1. The first-order valence-corrected chi connectivity index (χ1v) is 7.50. The number of urea groups is 1. The molecule has 0 spiro atoms. The minimum atomic E-state index is -0.636. The predicted octanol–water partition coefficient (Wildman–Crippen LogP) is 2.73. The van der Waals surface area contributed by atoms with Gasteiger partial charge in [0.1, 0.15) is 5.75 Å². The maximum atomic E-state index is 11.9. The molecule has 23 heavy (non-hydrogen) atoms. The van der Waals surface area contributed by atoms with Crippen molar-refractivity contribution < 1.29 is 14.6 Å². The van der Waals surface area contributed by atoms with E-state index < -0.39 is 6.10 Å².